The molecule has 0 saturated carbocycles. The molecule has 1 aromatic heterocycles. The second-order valence-electron chi connectivity index (χ2n) is 3.65. The van der Waals surface area contributed by atoms with Gasteiger partial charge in [-0.05, 0) is 13.3 Å². The maximum atomic E-state index is 5.57. The van der Waals surface area contributed by atoms with E-state index in [-0.39, 0.29) is 18.1 Å². The number of ether oxygens (including phenoxy) is 1. The fraction of sp³-hybridized carbons (Fsp3) is 0.556. The minimum atomic E-state index is 0.183. The van der Waals surface area contributed by atoms with E-state index in [2.05, 4.69) is 15.3 Å². The number of anilines is 3. The van der Waals surface area contributed by atoms with Gasteiger partial charge in [-0.25, -0.2) is 0 Å². The summed E-state index contributed by atoms with van der Waals surface area (Å²) >= 11 is 0. The van der Waals surface area contributed by atoms with Gasteiger partial charge in [-0.2, -0.15) is 9.97 Å². The van der Waals surface area contributed by atoms with Crippen molar-refractivity contribution in [3.05, 3.63) is 6.07 Å². The summed E-state index contributed by atoms with van der Waals surface area (Å²) in [6.07, 6.45) is 1.15. The van der Waals surface area contributed by atoms with Gasteiger partial charge in [0, 0.05) is 12.7 Å². The summed E-state index contributed by atoms with van der Waals surface area (Å²) in [6.45, 7) is 2.80. The van der Waals surface area contributed by atoms with E-state index in [9.17, 15) is 0 Å². The van der Waals surface area contributed by atoms with Gasteiger partial charge in [-0.15, -0.1) is 0 Å². The van der Waals surface area contributed by atoms with Crippen LogP contribution in [0.5, 0.6) is 0 Å². The molecule has 2 rings (SSSR count). The summed E-state index contributed by atoms with van der Waals surface area (Å²) in [4.78, 5) is 7.85. The summed E-state index contributed by atoms with van der Waals surface area (Å²) < 4.78 is 5.43. The second kappa shape index (κ2) is 3.90. The molecule has 0 amide bonds. The minimum Gasteiger partial charge on any atom is -0.383 e. The summed E-state index contributed by atoms with van der Waals surface area (Å²) in [5, 5.41) is 3.24. The van der Waals surface area contributed by atoms with Crippen LogP contribution in [0.3, 0.4) is 0 Å². The SMILES string of the molecule is CC1OCCC1Nc1cc(N)nc(N)n1. The quantitative estimate of drug-likeness (QED) is 0.645. The molecule has 2 heterocycles. The normalized spacial score (nSPS) is 25.4. The summed E-state index contributed by atoms with van der Waals surface area (Å²) in [5.41, 5.74) is 11.1. The van der Waals surface area contributed by atoms with E-state index in [4.69, 9.17) is 16.2 Å². The number of aromatic nitrogens is 2. The number of nitrogens with one attached hydrogen (secondary N) is 1. The molecule has 6 nitrogen and oxygen atoms in total. The first kappa shape index (κ1) is 9.97. The van der Waals surface area contributed by atoms with E-state index >= 15 is 0 Å². The van der Waals surface area contributed by atoms with Crippen LogP contribution in [-0.4, -0.2) is 28.7 Å². The first-order valence-corrected chi connectivity index (χ1v) is 4.93. The van der Waals surface area contributed by atoms with Gasteiger partial charge in [0.05, 0.1) is 12.1 Å². The molecule has 2 unspecified atom stereocenters. The molecular weight excluding hydrogens is 194 g/mol. The van der Waals surface area contributed by atoms with Crippen molar-refractivity contribution in [1.29, 1.82) is 0 Å². The maximum absolute atomic E-state index is 5.57. The first-order valence-electron chi connectivity index (χ1n) is 4.93. The van der Waals surface area contributed by atoms with Crippen LogP contribution in [0.15, 0.2) is 6.07 Å². The first-order chi connectivity index (χ1) is 7.15. The van der Waals surface area contributed by atoms with Crippen molar-refractivity contribution in [1.82, 2.24) is 9.97 Å². The highest BCUT2D eigenvalue weighted by Crippen LogP contribution is 2.18. The molecule has 5 N–H and O–H groups in total. The Kier molecular flexibility index (Phi) is 2.59. The van der Waals surface area contributed by atoms with Crippen LogP contribution in [0.25, 0.3) is 0 Å². The molecule has 6 heteroatoms. The molecule has 0 radical (unpaired) electrons. The third kappa shape index (κ3) is 2.27. The lowest BCUT2D eigenvalue weighted by molar-refractivity contribution is 0.121. The topological polar surface area (TPSA) is 99.1 Å². The van der Waals surface area contributed by atoms with E-state index < -0.39 is 0 Å². The Morgan fingerprint density at radius 2 is 2.27 bits per heavy atom. The van der Waals surface area contributed by atoms with Crippen molar-refractivity contribution in [3.8, 4) is 0 Å². The molecular formula is C9H15N5O. The summed E-state index contributed by atoms with van der Waals surface area (Å²) in [5.74, 6) is 1.21. The Bertz CT molecular complexity index is 336. The predicted molar refractivity (Wildman–Crippen MR) is 58.3 cm³/mol. The van der Waals surface area contributed by atoms with E-state index in [1.54, 1.807) is 6.07 Å². The third-order valence-electron chi connectivity index (χ3n) is 2.47. The van der Waals surface area contributed by atoms with Crippen LogP contribution in [0.4, 0.5) is 17.6 Å². The summed E-state index contributed by atoms with van der Waals surface area (Å²) in [6, 6.07) is 1.93. The predicted octanol–water partition coefficient (Wildman–Crippen LogP) is 0.230. The Morgan fingerprint density at radius 1 is 1.47 bits per heavy atom. The van der Waals surface area contributed by atoms with Crippen LogP contribution >= 0.6 is 0 Å². The third-order valence-corrected chi connectivity index (χ3v) is 2.47. The van der Waals surface area contributed by atoms with Gasteiger partial charge in [0.2, 0.25) is 5.95 Å². The highest BCUT2D eigenvalue weighted by atomic mass is 16.5. The Hall–Kier alpha value is -1.56. The standard InChI is InChI=1S/C9H15N5O/c1-5-6(2-3-15-5)12-8-4-7(10)13-9(11)14-8/h4-6H,2-3H2,1H3,(H5,10,11,12,13,14). The number of nitrogen functional groups attached to an aromatic ring is 2. The van der Waals surface area contributed by atoms with Crippen LogP contribution in [0.1, 0.15) is 13.3 Å². The molecule has 1 aliphatic heterocycles. The maximum Gasteiger partial charge on any atom is 0.223 e. The molecule has 1 aromatic rings. The van der Waals surface area contributed by atoms with Crippen LogP contribution < -0.4 is 16.8 Å². The number of hydrogen-bond acceptors (Lipinski definition) is 6. The number of nitrogens with zero attached hydrogens (tertiary/aromatic N) is 2. The molecule has 0 bridgehead atoms. The van der Waals surface area contributed by atoms with Gasteiger partial charge in [0.25, 0.3) is 0 Å². The van der Waals surface area contributed by atoms with Gasteiger partial charge >= 0.3 is 0 Å². The van der Waals surface area contributed by atoms with Crippen LogP contribution in [0.2, 0.25) is 0 Å². The molecule has 82 valence electrons. The van der Waals surface area contributed by atoms with Crippen molar-refractivity contribution in [3.63, 3.8) is 0 Å². The zero-order valence-corrected chi connectivity index (χ0v) is 8.60. The fourth-order valence-corrected chi connectivity index (χ4v) is 1.67. The molecule has 0 aliphatic carbocycles. The molecule has 1 aliphatic rings. The smallest absolute Gasteiger partial charge is 0.223 e. The molecule has 0 spiro atoms. The number of hydrogen-bond donors (Lipinski definition) is 3. The molecule has 2 atom stereocenters. The summed E-state index contributed by atoms with van der Waals surface area (Å²) in [7, 11) is 0. The fourth-order valence-electron chi connectivity index (χ4n) is 1.67. The van der Waals surface area contributed by atoms with Gasteiger partial charge in [-0.1, -0.05) is 0 Å². The van der Waals surface area contributed by atoms with E-state index in [0.29, 0.717) is 11.6 Å². The van der Waals surface area contributed by atoms with Crippen LogP contribution in [0, 0.1) is 0 Å². The molecule has 1 fully saturated rings. The Labute approximate surface area is 88.0 Å². The monoisotopic (exact) mass is 209 g/mol. The second-order valence-corrected chi connectivity index (χ2v) is 3.65. The largest absolute Gasteiger partial charge is 0.383 e. The van der Waals surface area contributed by atoms with Gasteiger partial charge < -0.3 is 21.5 Å². The lowest BCUT2D eigenvalue weighted by Crippen LogP contribution is -2.27. The number of rotatable bonds is 2. The van der Waals surface area contributed by atoms with Crippen LogP contribution in [-0.2, 0) is 4.74 Å². The Balaban J connectivity index is 2.10. The van der Waals surface area contributed by atoms with E-state index in [1.807, 2.05) is 6.92 Å². The van der Waals surface area contributed by atoms with E-state index in [0.717, 1.165) is 13.0 Å². The average Bonchev–Trinajstić information content (AvgIpc) is 2.50. The lowest BCUT2D eigenvalue weighted by Gasteiger charge is -2.16. The van der Waals surface area contributed by atoms with Gasteiger partial charge in [0.1, 0.15) is 11.6 Å². The highest BCUT2D eigenvalue weighted by Gasteiger charge is 2.24. The highest BCUT2D eigenvalue weighted by molar-refractivity contribution is 5.49. The minimum absolute atomic E-state index is 0.183. The molecule has 15 heavy (non-hydrogen) atoms. The Morgan fingerprint density at radius 3 is 2.87 bits per heavy atom. The van der Waals surface area contributed by atoms with Crippen molar-refractivity contribution in [2.45, 2.75) is 25.5 Å². The number of nitrogens with two attached hydrogens (primary N) is 2. The van der Waals surface area contributed by atoms with Gasteiger partial charge in [-0.3, -0.25) is 0 Å². The molecule has 1 saturated heterocycles. The van der Waals surface area contributed by atoms with Gasteiger partial charge in [0.15, 0.2) is 0 Å². The van der Waals surface area contributed by atoms with Crippen molar-refractivity contribution < 1.29 is 4.74 Å². The van der Waals surface area contributed by atoms with Crippen molar-refractivity contribution in [2.24, 2.45) is 0 Å². The van der Waals surface area contributed by atoms with Crippen molar-refractivity contribution >= 4 is 17.6 Å². The van der Waals surface area contributed by atoms with E-state index in [1.165, 1.54) is 0 Å². The molecule has 0 aromatic carbocycles. The zero-order valence-electron chi connectivity index (χ0n) is 8.60. The average molecular weight is 209 g/mol. The van der Waals surface area contributed by atoms with Crippen molar-refractivity contribution in [2.75, 3.05) is 23.4 Å². The zero-order chi connectivity index (χ0) is 10.8. The lowest BCUT2D eigenvalue weighted by atomic mass is 10.1.